The van der Waals surface area contributed by atoms with Crippen molar-refractivity contribution in [3.8, 4) is 0 Å². The zero-order valence-electron chi connectivity index (χ0n) is 18.1. The first kappa shape index (κ1) is 25.9. The molecule has 156 valence electrons. The van der Waals surface area contributed by atoms with Crippen LogP contribution in [-0.4, -0.2) is 74.7 Å². The molecule has 1 rings (SSSR count). The first-order chi connectivity index (χ1) is 11.9. The molecule has 1 heterocycles. The SMILES string of the molecule is CCCCCC(C)(C)CN=C(NCC)NCC(C)N1CCN(C)CC1.I. The van der Waals surface area contributed by atoms with Crippen LogP contribution in [0.4, 0.5) is 0 Å². The van der Waals surface area contributed by atoms with E-state index in [-0.39, 0.29) is 29.4 Å². The van der Waals surface area contributed by atoms with Gasteiger partial charge in [0, 0.05) is 51.9 Å². The predicted molar refractivity (Wildman–Crippen MR) is 126 cm³/mol. The van der Waals surface area contributed by atoms with Crippen molar-refractivity contribution in [2.45, 2.75) is 66.3 Å². The van der Waals surface area contributed by atoms with Gasteiger partial charge < -0.3 is 15.5 Å². The largest absolute Gasteiger partial charge is 0.357 e. The van der Waals surface area contributed by atoms with Gasteiger partial charge in [0.2, 0.25) is 0 Å². The molecule has 0 aromatic carbocycles. The highest BCUT2D eigenvalue weighted by atomic mass is 127. The minimum Gasteiger partial charge on any atom is -0.357 e. The maximum absolute atomic E-state index is 4.86. The Morgan fingerprint density at radius 2 is 1.73 bits per heavy atom. The molecule has 26 heavy (non-hydrogen) atoms. The Morgan fingerprint density at radius 3 is 2.31 bits per heavy atom. The lowest BCUT2D eigenvalue weighted by atomic mass is 9.87. The molecular weight excluding hydrogens is 437 g/mol. The van der Waals surface area contributed by atoms with Gasteiger partial charge in [-0.1, -0.05) is 40.0 Å². The molecule has 0 saturated carbocycles. The van der Waals surface area contributed by atoms with Crippen LogP contribution in [-0.2, 0) is 0 Å². The molecule has 0 aromatic heterocycles. The zero-order valence-corrected chi connectivity index (χ0v) is 20.4. The van der Waals surface area contributed by atoms with Crippen LogP contribution >= 0.6 is 24.0 Å². The van der Waals surface area contributed by atoms with E-state index in [1.165, 1.54) is 38.8 Å². The fourth-order valence-corrected chi connectivity index (χ4v) is 3.20. The topological polar surface area (TPSA) is 42.9 Å². The zero-order chi connectivity index (χ0) is 18.7. The lowest BCUT2D eigenvalue weighted by Crippen LogP contribution is -2.52. The van der Waals surface area contributed by atoms with Crippen molar-refractivity contribution in [3.63, 3.8) is 0 Å². The average Bonchev–Trinajstić information content (AvgIpc) is 2.58. The number of halogens is 1. The van der Waals surface area contributed by atoms with Gasteiger partial charge in [0.05, 0.1) is 0 Å². The molecule has 0 amide bonds. The van der Waals surface area contributed by atoms with Gasteiger partial charge in [0.1, 0.15) is 0 Å². The fourth-order valence-electron chi connectivity index (χ4n) is 3.20. The van der Waals surface area contributed by atoms with Gasteiger partial charge in [0.15, 0.2) is 5.96 Å². The summed E-state index contributed by atoms with van der Waals surface area (Å²) in [6.45, 7) is 18.8. The van der Waals surface area contributed by atoms with E-state index < -0.39 is 0 Å². The molecule has 0 bridgehead atoms. The van der Waals surface area contributed by atoms with Crippen molar-refractivity contribution < 1.29 is 0 Å². The number of guanidine groups is 1. The number of nitrogens with one attached hydrogen (secondary N) is 2. The smallest absolute Gasteiger partial charge is 0.191 e. The molecule has 0 spiro atoms. The highest BCUT2D eigenvalue weighted by Gasteiger charge is 2.20. The number of nitrogens with zero attached hydrogens (tertiary/aromatic N) is 3. The van der Waals surface area contributed by atoms with Gasteiger partial charge in [-0.2, -0.15) is 0 Å². The van der Waals surface area contributed by atoms with Crippen molar-refractivity contribution in [1.82, 2.24) is 20.4 Å². The number of hydrogen-bond acceptors (Lipinski definition) is 3. The molecule has 0 radical (unpaired) electrons. The number of aliphatic imine (C=N–C) groups is 1. The van der Waals surface area contributed by atoms with E-state index in [4.69, 9.17) is 4.99 Å². The summed E-state index contributed by atoms with van der Waals surface area (Å²) in [6, 6.07) is 0.537. The van der Waals surface area contributed by atoms with Crippen LogP contribution < -0.4 is 10.6 Å². The Labute approximate surface area is 179 Å². The molecule has 1 aliphatic rings. The third-order valence-corrected chi connectivity index (χ3v) is 5.19. The molecular formula is C20H44IN5. The Morgan fingerprint density at radius 1 is 1.08 bits per heavy atom. The molecule has 1 atom stereocenters. The van der Waals surface area contributed by atoms with Crippen molar-refractivity contribution >= 4 is 29.9 Å². The van der Waals surface area contributed by atoms with Crippen LogP contribution in [0.2, 0.25) is 0 Å². The quantitative estimate of drug-likeness (QED) is 0.217. The molecule has 1 saturated heterocycles. The summed E-state index contributed by atoms with van der Waals surface area (Å²) in [7, 11) is 2.21. The molecule has 5 nitrogen and oxygen atoms in total. The van der Waals surface area contributed by atoms with E-state index in [0.29, 0.717) is 6.04 Å². The molecule has 1 unspecified atom stereocenters. The third kappa shape index (κ3) is 10.9. The number of rotatable bonds is 10. The molecule has 2 N–H and O–H groups in total. The van der Waals surface area contributed by atoms with E-state index in [0.717, 1.165) is 38.7 Å². The van der Waals surface area contributed by atoms with Crippen LogP contribution in [0.25, 0.3) is 0 Å². The average molecular weight is 482 g/mol. The summed E-state index contributed by atoms with van der Waals surface area (Å²) < 4.78 is 0. The van der Waals surface area contributed by atoms with Crippen molar-refractivity contribution in [1.29, 1.82) is 0 Å². The van der Waals surface area contributed by atoms with Crippen molar-refractivity contribution in [2.24, 2.45) is 10.4 Å². The van der Waals surface area contributed by atoms with E-state index >= 15 is 0 Å². The number of unbranched alkanes of at least 4 members (excludes halogenated alkanes) is 2. The summed E-state index contributed by atoms with van der Waals surface area (Å²) >= 11 is 0. The second-order valence-electron chi connectivity index (χ2n) is 8.39. The van der Waals surface area contributed by atoms with E-state index in [9.17, 15) is 0 Å². The van der Waals surface area contributed by atoms with Crippen LogP contribution in [0.1, 0.15) is 60.3 Å². The number of likely N-dealkylation sites (N-methyl/N-ethyl adjacent to an activating group) is 1. The van der Waals surface area contributed by atoms with Crippen molar-refractivity contribution in [3.05, 3.63) is 0 Å². The summed E-state index contributed by atoms with van der Waals surface area (Å²) in [4.78, 5) is 9.84. The van der Waals surface area contributed by atoms with Crippen molar-refractivity contribution in [2.75, 3.05) is 52.9 Å². The van der Waals surface area contributed by atoms with E-state index in [2.05, 4.69) is 62.1 Å². The highest BCUT2D eigenvalue weighted by molar-refractivity contribution is 14.0. The maximum atomic E-state index is 4.86. The number of hydrogen-bond donors (Lipinski definition) is 2. The summed E-state index contributed by atoms with van der Waals surface area (Å²) in [5.74, 6) is 0.965. The summed E-state index contributed by atoms with van der Waals surface area (Å²) in [6.07, 6.45) is 5.17. The molecule has 0 aliphatic carbocycles. The maximum Gasteiger partial charge on any atom is 0.191 e. The van der Waals surface area contributed by atoms with Gasteiger partial charge in [0.25, 0.3) is 0 Å². The normalized spacial score (nSPS) is 18.3. The van der Waals surface area contributed by atoms with Crippen LogP contribution in [0.3, 0.4) is 0 Å². The molecule has 1 fully saturated rings. The molecule has 0 aromatic rings. The Bertz CT molecular complexity index is 378. The van der Waals surface area contributed by atoms with Crippen LogP contribution in [0.5, 0.6) is 0 Å². The molecule has 6 heteroatoms. The summed E-state index contributed by atoms with van der Waals surface area (Å²) in [5, 5.41) is 6.95. The Balaban J connectivity index is 0.00000625. The lowest BCUT2D eigenvalue weighted by molar-refractivity contribution is 0.120. The molecule has 1 aliphatic heterocycles. The second-order valence-corrected chi connectivity index (χ2v) is 8.39. The van der Waals surface area contributed by atoms with E-state index in [1.807, 2.05) is 0 Å². The van der Waals surface area contributed by atoms with Gasteiger partial charge in [-0.3, -0.25) is 9.89 Å². The van der Waals surface area contributed by atoms with E-state index in [1.54, 1.807) is 0 Å². The van der Waals surface area contributed by atoms with Gasteiger partial charge in [-0.05, 0) is 32.7 Å². The second kappa shape index (κ2) is 14.0. The highest BCUT2D eigenvalue weighted by Crippen LogP contribution is 2.23. The minimum absolute atomic E-state index is 0. The first-order valence-electron chi connectivity index (χ1n) is 10.3. The first-order valence-corrected chi connectivity index (χ1v) is 10.3. The Kier molecular flexibility index (Phi) is 14.0. The lowest BCUT2D eigenvalue weighted by Gasteiger charge is -2.36. The predicted octanol–water partition coefficient (Wildman–Crippen LogP) is 3.40. The summed E-state index contributed by atoms with van der Waals surface area (Å²) in [5.41, 5.74) is 0.278. The fraction of sp³-hybridized carbons (Fsp3) is 0.950. The van der Waals surface area contributed by atoms with Gasteiger partial charge in [-0.25, -0.2) is 0 Å². The van der Waals surface area contributed by atoms with Crippen LogP contribution in [0, 0.1) is 5.41 Å². The number of piperazine rings is 1. The Hall–Kier alpha value is -0.0800. The van der Waals surface area contributed by atoms with Gasteiger partial charge in [-0.15, -0.1) is 24.0 Å². The van der Waals surface area contributed by atoms with Crippen LogP contribution in [0.15, 0.2) is 4.99 Å². The third-order valence-electron chi connectivity index (χ3n) is 5.19. The monoisotopic (exact) mass is 481 g/mol. The van der Waals surface area contributed by atoms with Gasteiger partial charge >= 0.3 is 0 Å². The standard InChI is InChI=1S/C20H43N5.HI/c1-7-9-10-11-20(4,5)17-23-19(21-8-2)22-16-18(3)25-14-12-24(6)13-15-25;/h18H,7-17H2,1-6H3,(H2,21,22,23);1H. The minimum atomic E-state index is 0.